The van der Waals surface area contributed by atoms with Crippen LogP contribution in [0.15, 0.2) is 48.5 Å². The van der Waals surface area contributed by atoms with Gasteiger partial charge in [-0.15, -0.1) is 0 Å². The van der Waals surface area contributed by atoms with Gasteiger partial charge in [-0.05, 0) is 25.1 Å². The lowest BCUT2D eigenvalue weighted by atomic mass is 10.0. The van der Waals surface area contributed by atoms with Crippen LogP contribution in [0.3, 0.4) is 0 Å². The molecule has 0 aliphatic heterocycles. The number of para-hydroxylation sites is 1. The van der Waals surface area contributed by atoms with Crippen LogP contribution in [0.4, 0.5) is 4.39 Å². The van der Waals surface area contributed by atoms with E-state index >= 15 is 0 Å². The Kier molecular flexibility index (Phi) is 2.90. The van der Waals surface area contributed by atoms with E-state index in [2.05, 4.69) is 0 Å². The van der Waals surface area contributed by atoms with Crippen LogP contribution < -0.4 is 0 Å². The van der Waals surface area contributed by atoms with E-state index in [0.29, 0.717) is 11.1 Å². The van der Waals surface area contributed by atoms with E-state index in [9.17, 15) is 9.18 Å². The van der Waals surface area contributed by atoms with E-state index in [1.807, 2.05) is 42.8 Å². The first-order valence-corrected chi connectivity index (χ1v) is 6.44. The van der Waals surface area contributed by atoms with Crippen LogP contribution in [-0.4, -0.2) is 10.4 Å². The first-order valence-electron chi connectivity index (χ1n) is 6.44. The van der Waals surface area contributed by atoms with E-state index in [0.717, 1.165) is 16.6 Å². The Morgan fingerprint density at radius 3 is 2.60 bits per heavy atom. The Hall–Kier alpha value is -2.42. The second-order valence-corrected chi connectivity index (χ2v) is 4.88. The predicted octanol–water partition coefficient (Wildman–Crippen LogP) is 3.86. The molecule has 20 heavy (non-hydrogen) atoms. The highest BCUT2D eigenvalue weighted by Crippen LogP contribution is 2.27. The van der Waals surface area contributed by atoms with Crippen LogP contribution in [0.2, 0.25) is 0 Å². The molecule has 0 aliphatic carbocycles. The summed E-state index contributed by atoms with van der Waals surface area (Å²) in [5.74, 6) is -0.535. The molecule has 0 bridgehead atoms. The number of ketones is 1. The number of aromatic nitrogens is 1. The van der Waals surface area contributed by atoms with Gasteiger partial charge in [0, 0.05) is 29.2 Å². The lowest BCUT2D eigenvalue weighted by molar-refractivity contribution is 0.103. The standard InChI is InChI=1S/C17H14FNO/c1-11-16(14-8-3-4-9-15(14)19(11)2)17(20)12-6-5-7-13(18)10-12/h3-10H,1-2H3. The molecular formula is C17H14FNO. The Labute approximate surface area is 116 Å². The summed E-state index contributed by atoms with van der Waals surface area (Å²) in [5.41, 5.74) is 2.92. The van der Waals surface area contributed by atoms with Crippen molar-refractivity contribution in [3.05, 3.63) is 71.2 Å². The van der Waals surface area contributed by atoms with E-state index in [-0.39, 0.29) is 5.78 Å². The number of halogens is 1. The quantitative estimate of drug-likeness (QED) is 0.646. The first kappa shape index (κ1) is 12.6. The number of nitrogens with zero attached hydrogens (tertiary/aromatic N) is 1. The van der Waals surface area contributed by atoms with Gasteiger partial charge in [0.25, 0.3) is 0 Å². The molecule has 0 amide bonds. The molecule has 0 aliphatic rings. The fourth-order valence-corrected chi connectivity index (χ4v) is 2.58. The molecule has 0 saturated carbocycles. The van der Waals surface area contributed by atoms with Crippen molar-refractivity contribution in [2.45, 2.75) is 6.92 Å². The van der Waals surface area contributed by atoms with Gasteiger partial charge in [-0.25, -0.2) is 4.39 Å². The van der Waals surface area contributed by atoms with E-state index in [4.69, 9.17) is 0 Å². The molecule has 100 valence electrons. The van der Waals surface area contributed by atoms with Crippen LogP contribution in [0.5, 0.6) is 0 Å². The summed E-state index contributed by atoms with van der Waals surface area (Å²) in [6.45, 7) is 1.91. The minimum absolute atomic E-state index is 0.140. The number of aryl methyl sites for hydroxylation is 1. The molecule has 0 unspecified atom stereocenters. The van der Waals surface area contributed by atoms with Crippen LogP contribution in [0.1, 0.15) is 21.6 Å². The predicted molar refractivity (Wildman–Crippen MR) is 77.5 cm³/mol. The summed E-state index contributed by atoms with van der Waals surface area (Å²) < 4.78 is 15.3. The van der Waals surface area contributed by atoms with Gasteiger partial charge >= 0.3 is 0 Å². The molecule has 0 saturated heterocycles. The Morgan fingerprint density at radius 2 is 1.85 bits per heavy atom. The second-order valence-electron chi connectivity index (χ2n) is 4.88. The maximum Gasteiger partial charge on any atom is 0.195 e. The molecule has 3 heteroatoms. The lowest BCUT2D eigenvalue weighted by Crippen LogP contribution is -2.04. The van der Waals surface area contributed by atoms with E-state index in [1.54, 1.807) is 12.1 Å². The zero-order chi connectivity index (χ0) is 14.3. The maximum atomic E-state index is 13.3. The van der Waals surface area contributed by atoms with Crippen LogP contribution >= 0.6 is 0 Å². The van der Waals surface area contributed by atoms with Crippen molar-refractivity contribution in [2.75, 3.05) is 0 Å². The Balaban J connectivity index is 2.25. The Bertz CT molecular complexity index is 817. The fourth-order valence-electron chi connectivity index (χ4n) is 2.58. The largest absolute Gasteiger partial charge is 0.347 e. The summed E-state index contributed by atoms with van der Waals surface area (Å²) in [5, 5.41) is 0.904. The number of carbonyl (C=O) groups excluding carboxylic acids is 1. The number of rotatable bonds is 2. The van der Waals surface area contributed by atoms with E-state index < -0.39 is 5.82 Å². The molecule has 2 nitrogen and oxygen atoms in total. The van der Waals surface area contributed by atoms with Crippen molar-refractivity contribution in [2.24, 2.45) is 7.05 Å². The highest BCUT2D eigenvalue weighted by Gasteiger charge is 2.19. The third-order valence-electron chi connectivity index (χ3n) is 3.71. The number of fused-ring (bicyclic) bond motifs is 1. The molecule has 1 heterocycles. The van der Waals surface area contributed by atoms with Crippen molar-refractivity contribution < 1.29 is 9.18 Å². The topological polar surface area (TPSA) is 22.0 Å². The molecule has 2 aromatic carbocycles. The molecule has 3 rings (SSSR count). The summed E-state index contributed by atoms with van der Waals surface area (Å²) in [4.78, 5) is 12.7. The van der Waals surface area contributed by atoms with Gasteiger partial charge < -0.3 is 4.57 Å². The summed E-state index contributed by atoms with van der Waals surface area (Å²) in [7, 11) is 1.93. The maximum absolute atomic E-state index is 13.3. The number of hydrogen-bond acceptors (Lipinski definition) is 1. The highest BCUT2D eigenvalue weighted by atomic mass is 19.1. The molecule has 0 fully saturated rings. The minimum atomic E-state index is -0.395. The third kappa shape index (κ3) is 1.83. The molecule has 1 aromatic heterocycles. The monoisotopic (exact) mass is 267 g/mol. The summed E-state index contributed by atoms with van der Waals surface area (Å²) in [6, 6.07) is 13.6. The molecule has 0 atom stereocenters. The van der Waals surface area contributed by atoms with Gasteiger partial charge in [-0.3, -0.25) is 4.79 Å². The molecule has 0 spiro atoms. The van der Waals surface area contributed by atoms with Crippen molar-refractivity contribution in [3.63, 3.8) is 0 Å². The lowest BCUT2D eigenvalue weighted by Gasteiger charge is -2.02. The number of benzene rings is 2. The average molecular weight is 267 g/mol. The molecular weight excluding hydrogens is 253 g/mol. The summed E-state index contributed by atoms with van der Waals surface area (Å²) >= 11 is 0. The van der Waals surface area contributed by atoms with Crippen molar-refractivity contribution >= 4 is 16.7 Å². The third-order valence-corrected chi connectivity index (χ3v) is 3.71. The average Bonchev–Trinajstić information content (AvgIpc) is 2.71. The Morgan fingerprint density at radius 1 is 1.10 bits per heavy atom. The summed E-state index contributed by atoms with van der Waals surface area (Å²) in [6.07, 6.45) is 0. The van der Waals surface area contributed by atoms with Gasteiger partial charge in [0.1, 0.15) is 5.82 Å². The molecule has 3 aromatic rings. The highest BCUT2D eigenvalue weighted by molar-refractivity contribution is 6.17. The molecule has 0 N–H and O–H groups in total. The van der Waals surface area contributed by atoms with Crippen molar-refractivity contribution in [3.8, 4) is 0 Å². The zero-order valence-corrected chi connectivity index (χ0v) is 11.4. The fraction of sp³-hybridized carbons (Fsp3) is 0.118. The smallest absolute Gasteiger partial charge is 0.195 e. The zero-order valence-electron chi connectivity index (χ0n) is 11.4. The van der Waals surface area contributed by atoms with Gasteiger partial charge in [0.2, 0.25) is 0 Å². The molecule has 0 radical (unpaired) electrons. The van der Waals surface area contributed by atoms with Gasteiger partial charge in [0.15, 0.2) is 5.78 Å². The van der Waals surface area contributed by atoms with Crippen LogP contribution in [0.25, 0.3) is 10.9 Å². The second kappa shape index (κ2) is 4.60. The normalized spacial score (nSPS) is 10.9. The van der Waals surface area contributed by atoms with Crippen LogP contribution in [0, 0.1) is 12.7 Å². The minimum Gasteiger partial charge on any atom is -0.347 e. The van der Waals surface area contributed by atoms with Crippen molar-refractivity contribution in [1.82, 2.24) is 4.57 Å². The van der Waals surface area contributed by atoms with E-state index in [1.165, 1.54) is 12.1 Å². The first-order chi connectivity index (χ1) is 9.59. The van der Waals surface area contributed by atoms with Gasteiger partial charge in [-0.1, -0.05) is 30.3 Å². The number of hydrogen-bond donors (Lipinski definition) is 0. The SMILES string of the molecule is Cc1c(C(=O)c2cccc(F)c2)c2ccccc2n1C. The van der Waals surface area contributed by atoms with Gasteiger partial charge in [-0.2, -0.15) is 0 Å². The van der Waals surface area contributed by atoms with Crippen LogP contribution in [-0.2, 0) is 7.05 Å². The van der Waals surface area contributed by atoms with Gasteiger partial charge in [0.05, 0.1) is 5.56 Å². The van der Waals surface area contributed by atoms with Crippen molar-refractivity contribution in [1.29, 1.82) is 0 Å². The number of carbonyl (C=O) groups is 1.